The first-order valence-electron chi connectivity index (χ1n) is 10.4. The van der Waals surface area contributed by atoms with Gasteiger partial charge in [0.15, 0.2) is 5.78 Å². The molecule has 0 radical (unpaired) electrons. The second kappa shape index (κ2) is 13.2. The van der Waals surface area contributed by atoms with Gasteiger partial charge in [0, 0.05) is 22.7 Å². The molecule has 0 spiro atoms. The van der Waals surface area contributed by atoms with E-state index in [-0.39, 0.29) is 5.78 Å². The number of likely N-dealkylation sites (N-methyl/N-ethyl adjacent to an activating group) is 1. The Morgan fingerprint density at radius 3 is 2.10 bits per heavy atom. The van der Waals surface area contributed by atoms with Gasteiger partial charge in [-0.15, -0.1) is 6.58 Å². The third-order valence-electron chi connectivity index (χ3n) is 4.87. The lowest BCUT2D eigenvalue weighted by Gasteiger charge is -2.13. The number of carbonyl (C=O) groups excluding carboxylic acids is 1. The van der Waals surface area contributed by atoms with Crippen molar-refractivity contribution in [2.45, 2.75) is 38.5 Å². The van der Waals surface area contributed by atoms with E-state index < -0.39 is 0 Å². The zero-order valence-electron chi connectivity index (χ0n) is 17.4. The maximum absolute atomic E-state index is 12.5. The molecule has 0 saturated carbocycles. The van der Waals surface area contributed by atoms with Gasteiger partial charge in [0.1, 0.15) is 5.75 Å². The summed E-state index contributed by atoms with van der Waals surface area (Å²) in [6.45, 7) is 6.59. The molecule has 2 aromatic carbocycles. The van der Waals surface area contributed by atoms with E-state index in [2.05, 4.69) is 18.5 Å². The van der Waals surface area contributed by atoms with Crippen molar-refractivity contribution in [2.75, 3.05) is 26.7 Å². The minimum Gasteiger partial charge on any atom is -0.494 e. The maximum Gasteiger partial charge on any atom is 0.193 e. The van der Waals surface area contributed by atoms with Gasteiger partial charge in [0.2, 0.25) is 0 Å². The zero-order valence-corrected chi connectivity index (χ0v) is 18.2. The summed E-state index contributed by atoms with van der Waals surface area (Å²) in [6.07, 6.45) is 9.27. The zero-order chi connectivity index (χ0) is 20.9. The number of nitrogens with zero attached hydrogens (tertiary/aromatic N) is 1. The van der Waals surface area contributed by atoms with Gasteiger partial charge in [-0.1, -0.05) is 43.4 Å². The SMILES string of the molecule is C=CCN(C)CCCCCCCCOc1ccc(C(=O)c2ccc(Cl)cc2)cc1. The van der Waals surface area contributed by atoms with Crippen LogP contribution in [-0.4, -0.2) is 37.4 Å². The topological polar surface area (TPSA) is 29.5 Å². The summed E-state index contributed by atoms with van der Waals surface area (Å²) >= 11 is 5.87. The van der Waals surface area contributed by atoms with Crippen molar-refractivity contribution in [1.29, 1.82) is 0 Å². The smallest absolute Gasteiger partial charge is 0.193 e. The molecule has 2 rings (SSSR count). The van der Waals surface area contributed by atoms with Crippen LogP contribution in [0.15, 0.2) is 61.2 Å². The number of halogens is 1. The van der Waals surface area contributed by atoms with E-state index in [0.29, 0.717) is 22.8 Å². The van der Waals surface area contributed by atoms with Gasteiger partial charge in [-0.25, -0.2) is 0 Å². The number of ether oxygens (including phenoxy) is 1. The van der Waals surface area contributed by atoms with Crippen LogP contribution in [-0.2, 0) is 0 Å². The third kappa shape index (κ3) is 8.84. The fraction of sp³-hybridized carbons (Fsp3) is 0.400. The molecule has 3 nitrogen and oxygen atoms in total. The van der Waals surface area contributed by atoms with E-state index >= 15 is 0 Å². The van der Waals surface area contributed by atoms with E-state index in [1.54, 1.807) is 24.3 Å². The van der Waals surface area contributed by atoms with Gasteiger partial charge in [0.25, 0.3) is 0 Å². The van der Waals surface area contributed by atoms with Crippen molar-refractivity contribution in [1.82, 2.24) is 4.90 Å². The first-order valence-corrected chi connectivity index (χ1v) is 10.8. The van der Waals surface area contributed by atoms with Gasteiger partial charge in [-0.2, -0.15) is 0 Å². The molecular weight excluding hydrogens is 382 g/mol. The Bertz CT molecular complexity index is 740. The molecule has 2 aromatic rings. The number of ketones is 1. The van der Waals surface area contributed by atoms with Crippen LogP contribution in [0.3, 0.4) is 0 Å². The van der Waals surface area contributed by atoms with Gasteiger partial charge in [-0.3, -0.25) is 4.79 Å². The normalized spacial score (nSPS) is 10.9. The third-order valence-corrected chi connectivity index (χ3v) is 5.12. The molecule has 29 heavy (non-hydrogen) atoms. The summed E-state index contributed by atoms with van der Waals surface area (Å²) in [5.74, 6) is 0.798. The monoisotopic (exact) mass is 413 g/mol. The van der Waals surface area contributed by atoms with Crippen molar-refractivity contribution in [3.05, 3.63) is 77.3 Å². The molecule has 0 atom stereocenters. The lowest BCUT2D eigenvalue weighted by molar-refractivity contribution is 0.103. The van der Waals surface area contributed by atoms with Crippen molar-refractivity contribution in [3.63, 3.8) is 0 Å². The first kappa shape index (κ1) is 23.2. The summed E-state index contributed by atoms with van der Waals surface area (Å²) in [5.41, 5.74) is 1.29. The van der Waals surface area contributed by atoms with Crippen LogP contribution in [0.2, 0.25) is 5.02 Å². The summed E-state index contributed by atoms with van der Waals surface area (Å²) in [7, 11) is 2.14. The summed E-state index contributed by atoms with van der Waals surface area (Å²) in [4.78, 5) is 14.8. The molecule has 0 fully saturated rings. The van der Waals surface area contributed by atoms with Gasteiger partial charge in [0.05, 0.1) is 6.61 Å². The quantitative estimate of drug-likeness (QED) is 0.203. The molecule has 0 aliphatic rings. The van der Waals surface area contributed by atoms with Crippen molar-refractivity contribution in [3.8, 4) is 5.75 Å². The number of unbranched alkanes of at least 4 members (excludes halogenated alkanes) is 5. The second-order valence-electron chi connectivity index (χ2n) is 7.38. The van der Waals surface area contributed by atoms with Crippen LogP contribution >= 0.6 is 11.6 Å². The molecule has 156 valence electrons. The van der Waals surface area contributed by atoms with Crippen LogP contribution in [0.4, 0.5) is 0 Å². The van der Waals surface area contributed by atoms with Gasteiger partial charge in [-0.05, 0) is 75.0 Å². The van der Waals surface area contributed by atoms with E-state index in [4.69, 9.17) is 16.3 Å². The van der Waals surface area contributed by atoms with Crippen LogP contribution in [0.1, 0.15) is 54.4 Å². The highest BCUT2D eigenvalue weighted by Crippen LogP contribution is 2.17. The highest BCUT2D eigenvalue weighted by Gasteiger charge is 2.09. The Balaban J connectivity index is 1.59. The van der Waals surface area contributed by atoms with Gasteiger partial charge >= 0.3 is 0 Å². The van der Waals surface area contributed by atoms with E-state index in [0.717, 1.165) is 25.3 Å². The largest absolute Gasteiger partial charge is 0.494 e. The fourth-order valence-electron chi connectivity index (χ4n) is 3.16. The Labute approximate surface area is 180 Å². The Morgan fingerprint density at radius 2 is 1.48 bits per heavy atom. The van der Waals surface area contributed by atoms with Crippen molar-refractivity contribution >= 4 is 17.4 Å². The molecule has 0 unspecified atom stereocenters. The number of benzene rings is 2. The molecule has 0 aliphatic heterocycles. The number of rotatable bonds is 14. The number of hydrogen-bond acceptors (Lipinski definition) is 3. The fourth-order valence-corrected chi connectivity index (χ4v) is 3.29. The first-order chi connectivity index (χ1) is 14.1. The molecule has 0 heterocycles. The van der Waals surface area contributed by atoms with E-state index in [1.165, 1.54) is 32.1 Å². The minimum atomic E-state index is -0.0103. The van der Waals surface area contributed by atoms with Gasteiger partial charge < -0.3 is 9.64 Å². The predicted molar refractivity (Wildman–Crippen MR) is 122 cm³/mol. The van der Waals surface area contributed by atoms with Crippen LogP contribution < -0.4 is 4.74 Å². The standard InChI is InChI=1S/C25H32ClNO2/c1-3-18-27(2)19-8-6-4-5-7-9-20-29-24-16-12-22(13-17-24)25(28)21-10-14-23(26)15-11-21/h3,10-17H,1,4-9,18-20H2,2H3. The Morgan fingerprint density at radius 1 is 0.931 bits per heavy atom. The minimum absolute atomic E-state index is 0.0103. The van der Waals surface area contributed by atoms with Crippen molar-refractivity contribution < 1.29 is 9.53 Å². The summed E-state index contributed by atoms with van der Waals surface area (Å²) in [6, 6.07) is 14.3. The maximum atomic E-state index is 12.5. The Hall–Kier alpha value is -2.10. The molecule has 0 aromatic heterocycles. The lowest BCUT2D eigenvalue weighted by Crippen LogP contribution is -2.19. The summed E-state index contributed by atoms with van der Waals surface area (Å²) in [5, 5.41) is 0.626. The van der Waals surface area contributed by atoms with Crippen LogP contribution in [0.25, 0.3) is 0 Å². The molecule has 0 aliphatic carbocycles. The average Bonchev–Trinajstić information content (AvgIpc) is 2.73. The average molecular weight is 414 g/mol. The predicted octanol–water partition coefficient (Wildman–Crippen LogP) is 6.41. The highest BCUT2D eigenvalue weighted by molar-refractivity contribution is 6.30. The Kier molecular flexibility index (Phi) is 10.5. The molecular formula is C25H32ClNO2. The number of carbonyl (C=O) groups is 1. The molecule has 0 N–H and O–H groups in total. The lowest BCUT2D eigenvalue weighted by atomic mass is 10.0. The highest BCUT2D eigenvalue weighted by atomic mass is 35.5. The molecule has 4 heteroatoms. The molecule has 0 bridgehead atoms. The van der Waals surface area contributed by atoms with Crippen LogP contribution in [0.5, 0.6) is 5.75 Å². The van der Waals surface area contributed by atoms with E-state index in [9.17, 15) is 4.79 Å². The number of hydrogen-bond donors (Lipinski definition) is 0. The molecule has 0 amide bonds. The second-order valence-corrected chi connectivity index (χ2v) is 7.82. The van der Waals surface area contributed by atoms with Crippen molar-refractivity contribution in [2.24, 2.45) is 0 Å². The summed E-state index contributed by atoms with van der Waals surface area (Å²) < 4.78 is 5.80. The van der Waals surface area contributed by atoms with E-state index in [1.807, 2.05) is 30.3 Å². The van der Waals surface area contributed by atoms with Crippen LogP contribution in [0, 0.1) is 0 Å². The molecule has 0 saturated heterocycles.